The molecule has 11 heteroatoms. The quantitative estimate of drug-likeness (QED) is 0.799. The normalized spacial score (nSPS) is 16.7. The van der Waals surface area contributed by atoms with Crippen LogP contribution in [0.1, 0.15) is 19.4 Å². The molecule has 1 atom stereocenters. The number of nitrogens with one attached hydrogen (secondary N) is 2. The minimum absolute atomic E-state index is 0.0692. The molecule has 1 aliphatic heterocycles. The van der Waals surface area contributed by atoms with Gasteiger partial charge in [0.15, 0.2) is 0 Å². The van der Waals surface area contributed by atoms with Crippen LogP contribution >= 0.6 is 11.6 Å². The summed E-state index contributed by atoms with van der Waals surface area (Å²) >= 11 is 5.98. The summed E-state index contributed by atoms with van der Waals surface area (Å²) in [5.74, 6) is -0.135. The number of piperazine rings is 1. The van der Waals surface area contributed by atoms with Gasteiger partial charge in [-0.05, 0) is 19.9 Å². The van der Waals surface area contributed by atoms with Crippen molar-refractivity contribution in [3.05, 3.63) is 22.8 Å². The van der Waals surface area contributed by atoms with E-state index >= 15 is 0 Å². The number of nitrogens with zero attached hydrogens (tertiary/aromatic N) is 3. The Hall–Kier alpha value is -2.07. The lowest BCUT2D eigenvalue weighted by Gasteiger charge is -2.38. The maximum atomic E-state index is 12.7. The maximum Gasteiger partial charge on any atom is 0.417 e. The van der Waals surface area contributed by atoms with Crippen molar-refractivity contribution in [1.29, 1.82) is 0 Å². The summed E-state index contributed by atoms with van der Waals surface area (Å²) in [7, 11) is 0. The van der Waals surface area contributed by atoms with Crippen LogP contribution in [-0.2, 0) is 11.0 Å². The smallest absolute Gasteiger partial charge is 0.353 e. The van der Waals surface area contributed by atoms with E-state index in [0.29, 0.717) is 32.7 Å². The summed E-state index contributed by atoms with van der Waals surface area (Å²) in [6.45, 7) is 5.67. The molecule has 0 bridgehead atoms. The van der Waals surface area contributed by atoms with Gasteiger partial charge in [0.2, 0.25) is 5.91 Å². The summed E-state index contributed by atoms with van der Waals surface area (Å²) in [5.41, 5.74) is -0.898. The first-order chi connectivity index (χ1) is 12.6. The molecule has 2 N–H and O–H groups in total. The topological polar surface area (TPSA) is 77.6 Å². The molecule has 150 valence electrons. The predicted molar refractivity (Wildman–Crippen MR) is 94.7 cm³/mol. The van der Waals surface area contributed by atoms with E-state index in [9.17, 15) is 22.8 Å². The van der Waals surface area contributed by atoms with Crippen LogP contribution < -0.4 is 15.5 Å². The molecule has 0 aliphatic carbocycles. The second-order valence-corrected chi connectivity index (χ2v) is 6.48. The van der Waals surface area contributed by atoms with Crippen molar-refractivity contribution in [2.24, 2.45) is 0 Å². The van der Waals surface area contributed by atoms with Crippen molar-refractivity contribution >= 4 is 29.4 Å². The number of anilines is 1. The Morgan fingerprint density at radius 1 is 1.30 bits per heavy atom. The molecule has 1 fully saturated rings. The van der Waals surface area contributed by atoms with Gasteiger partial charge >= 0.3 is 12.2 Å². The van der Waals surface area contributed by atoms with E-state index in [1.54, 1.807) is 18.7 Å². The molecule has 3 amide bonds. The fourth-order valence-corrected chi connectivity index (χ4v) is 3.01. The zero-order valence-corrected chi connectivity index (χ0v) is 15.7. The molecule has 27 heavy (non-hydrogen) atoms. The number of carbonyl (C=O) groups excluding carboxylic acids is 2. The number of hydrogen-bond acceptors (Lipinski definition) is 5. The molecule has 0 aromatic carbocycles. The highest BCUT2D eigenvalue weighted by molar-refractivity contribution is 6.33. The Kier molecular flexibility index (Phi) is 6.88. The van der Waals surface area contributed by atoms with E-state index in [0.717, 1.165) is 12.3 Å². The number of rotatable bonds is 4. The van der Waals surface area contributed by atoms with E-state index in [4.69, 9.17) is 11.6 Å². The van der Waals surface area contributed by atoms with Crippen molar-refractivity contribution in [1.82, 2.24) is 20.5 Å². The third kappa shape index (κ3) is 5.46. The summed E-state index contributed by atoms with van der Waals surface area (Å²) in [4.78, 5) is 31.0. The lowest BCUT2D eigenvalue weighted by Crippen LogP contribution is -2.55. The number of halogens is 4. The Bertz CT molecular complexity index is 693. The fraction of sp³-hybridized carbons (Fsp3) is 0.562. The largest absolute Gasteiger partial charge is 0.417 e. The minimum Gasteiger partial charge on any atom is -0.353 e. The second kappa shape index (κ2) is 8.75. The van der Waals surface area contributed by atoms with Gasteiger partial charge in [-0.3, -0.25) is 15.0 Å². The van der Waals surface area contributed by atoms with Crippen molar-refractivity contribution in [2.45, 2.75) is 26.1 Å². The van der Waals surface area contributed by atoms with Crippen LogP contribution in [0, 0.1) is 0 Å². The SMILES string of the molecule is CCNC(=O)NC(=O)C(C)N1CCN(c2ncc(C(F)(F)F)cc2Cl)CC1. The highest BCUT2D eigenvalue weighted by Gasteiger charge is 2.33. The van der Waals surface area contributed by atoms with Gasteiger partial charge in [0.1, 0.15) is 5.82 Å². The predicted octanol–water partition coefficient (Wildman–Crippen LogP) is 2.11. The van der Waals surface area contributed by atoms with Crippen molar-refractivity contribution in [2.75, 3.05) is 37.6 Å². The number of urea groups is 1. The Morgan fingerprint density at radius 3 is 2.44 bits per heavy atom. The van der Waals surface area contributed by atoms with E-state index in [1.807, 2.05) is 4.90 Å². The molecule has 0 radical (unpaired) electrons. The highest BCUT2D eigenvalue weighted by Crippen LogP contribution is 2.33. The molecule has 0 spiro atoms. The van der Waals surface area contributed by atoms with Gasteiger partial charge in [-0.1, -0.05) is 11.6 Å². The molecule has 2 rings (SSSR count). The number of imide groups is 1. The average molecular weight is 408 g/mol. The van der Waals surface area contributed by atoms with Crippen molar-refractivity contribution < 1.29 is 22.8 Å². The summed E-state index contributed by atoms with van der Waals surface area (Å²) in [6, 6.07) is -0.210. The molecule has 2 heterocycles. The van der Waals surface area contributed by atoms with Gasteiger partial charge in [0, 0.05) is 38.9 Å². The van der Waals surface area contributed by atoms with Crippen LogP contribution in [0.2, 0.25) is 5.02 Å². The number of carbonyl (C=O) groups is 2. The molecular weight excluding hydrogens is 387 g/mol. The first kappa shape index (κ1) is 21.2. The molecule has 1 aliphatic rings. The highest BCUT2D eigenvalue weighted by atomic mass is 35.5. The average Bonchev–Trinajstić information content (AvgIpc) is 2.60. The molecular formula is C16H21ClF3N5O2. The fourth-order valence-electron chi connectivity index (χ4n) is 2.73. The minimum atomic E-state index is -4.50. The number of alkyl halides is 3. The lowest BCUT2D eigenvalue weighted by molar-refractivity contribution is -0.137. The molecule has 1 aromatic rings. The standard InChI is InChI=1S/C16H21ClF3N5O2/c1-3-21-15(27)23-14(26)10(2)24-4-6-25(7-5-24)13-12(17)8-11(9-22-13)16(18,19)20/h8-10H,3-7H2,1-2H3,(H2,21,23,26,27). The molecule has 1 aromatic heterocycles. The zero-order chi connectivity index (χ0) is 20.2. The molecule has 7 nitrogen and oxygen atoms in total. The van der Waals surface area contributed by atoms with Crippen LogP contribution in [0.5, 0.6) is 0 Å². The maximum absolute atomic E-state index is 12.7. The first-order valence-electron chi connectivity index (χ1n) is 8.44. The van der Waals surface area contributed by atoms with Crippen LogP contribution in [0.3, 0.4) is 0 Å². The van der Waals surface area contributed by atoms with Gasteiger partial charge in [-0.25, -0.2) is 9.78 Å². The number of amides is 3. The Morgan fingerprint density at radius 2 is 1.93 bits per heavy atom. The Labute approximate surface area is 159 Å². The first-order valence-corrected chi connectivity index (χ1v) is 8.81. The van der Waals surface area contributed by atoms with Crippen LogP contribution in [0.4, 0.5) is 23.8 Å². The summed E-state index contributed by atoms with van der Waals surface area (Å²) < 4.78 is 38.1. The number of hydrogen-bond donors (Lipinski definition) is 2. The van der Waals surface area contributed by atoms with Crippen LogP contribution in [-0.4, -0.2) is 60.6 Å². The van der Waals surface area contributed by atoms with E-state index in [2.05, 4.69) is 15.6 Å². The summed E-state index contributed by atoms with van der Waals surface area (Å²) in [5, 5.41) is 4.68. The van der Waals surface area contributed by atoms with Gasteiger partial charge in [0.05, 0.1) is 16.6 Å². The molecule has 1 saturated heterocycles. The third-order valence-electron chi connectivity index (χ3n) is 4.26. The van der Waals surface area contributed by atoms with Gasteiger partial charge in [0.25, 0.3) is 0 Å². The van der Waals surface area contributed by atoms with Crippen molar-refractivity contribution in [3.8, 4) is 0 Å². The van der Waals surface area contributed by atoms with Gasteiger partial charge < -0.3 is 10.2 Å². The van der Waals surface area contributed by atoms with Gasteiger partial charge in [-0.15, -0.1) is 0 Å². The molecule has 1 unspecified atom stereocenters. The Balaban J connectivity index is 1.95. The second-order valence-electron chi connectivity index (χ2n) is 6.07. The molecule has 0 saturated carbocycles. The van der Waals surface area contributed by atoms with E-state index < -0.39 is 29.7 Å². The number of aromatic nitrogens is 1. The van der Waals surface area contributed by atoms with Crippen LogP contribution in [0.25, 0.3) is 0 Å². The third-order valence-corrected chi connectivity index (χ3v) is 4.54. The monoisotopic (exact) mass is 407 g/mol. The zero-order valence-electron chi connectivity index (χ0n) is 14.9. The van der Waals surface area contributed by atoms with E-state index in [1.165, 1.54) is 0 Å². The number of pyridine rings is 1. The van der Waals surface area contributed by atoms with Gasteiger partial charge in [-0.2, -0.15) is 13.2 Å². The summed E-state index contributed by atoms with van der Waals surface area (Å²) in [6.07, 6.45) is -3.74. The lowest BCUT2D eigenvalue weighted by atomic mass is 10.2. The van der Waals surface area contributed by atoms with Crippen LogP contribution in [0.15, 0.2) is 12.3 Å². The van der Waals surface area contributed by atoms with E-state index in [-0.39, 0.29) is 10.8 Å². The van der Waals surface area contributed by atoms with Crippen molar-refractivity contribution in [3.63, 3.8) is 0 Å².